The van der Waals surface area contributed by atoms with Crippen LogP contribution in [0.4, 0.5) is 0 Å². The van der Waals surface area contributed by atoms with Crippen molar-refractivity contribution in [1.29, 1.82) is 0 Å². The summed E-state index contributed by atoms with van der Waals surface area (Å²) in [6.45, 7) is 2.76. The van der Waals surface area contributed by atoms with Crippen LogP contribution in [-0.2, 0) is 6.54 Å². The maximum absolute atomic E-state index is 6.27. The lowest BCUT2D eigenvalue weighted by molar-refractivity contribution is 0.806. The van der Waals surface area contributed by atoms with Gasteiger partial charge in [0.1, 0.15) is 5.82 Å². The summed E-state index contributed by atoms with van der Waals surface area (Å²) in [6, 6.07) is 9.97. The molecule has 0 radical (unpaired) electrons. The van der Waals surface area contributed by atoms with E-state index in [0.717, 1.165) is 22.0 Å². The number of aryl methyl sites for hydroxylation is 1. The SMILES string of the molecule is Cc1ccc(Cl)c(Cn2ccnc2-c2cccnc2)c1. The van der Waals surface area contributed by atoms with Crippen molar-refractivity contribution >= 4 is 11.6 Å². The highest BCUT2D eigenvalue weighted by molar-refractivity contribution is 6.31. The van der Waals surface area contributed by atoms with Gasteiger partial charge in [0.2, 0.25) is 0 Å². The molecule has 4 heteroatoms. The molecule has 0 saturated heterocycles. The fourth-order valence-electron chi connectivity index (χ4n) is 2.20. The lowest BCUT2D eigenvalue weighted by Gasteiger charge is -2.10. The third-order valence-corrected chi connectivity index (χ3v) is 3.55. The molecule has 100 valence electrons. The maximum atomic E-state index is 6.27. The minimum atomic E-state index is 0.699. The summed E-state index contributed by atoms with van der Waals surface area (Å²) in [4.78, 5) is 8.56. The predicted octanol–water partition coefficient (Wildman–Crippen LogP) is 3.96. The van der Waals surface area contributed by atoms with Gasteiger partial charge in [-0.3, -0.25) is 4.98 Å². The molecule has 0 fully saturated rings. The number of hydrogen-bond donors (Lipinski definition) is 0. The summed E-state index contributed by atoms with van der Waals surface area (Å²) in [6.07, 6.45) is 7.33. The normalized spacial score (nSPS) is 10.7. The van der Waals surface area contributed by atoms with E-state index in [-0.39, 0.29) is 0 Å². The summed E-state index contributed by atoms with van der Waals surface area (Å²) in [7, 11) is 0. The fraction of sp³-hybridized carbons (Fsp3) is 0.125. The molecule has 0 N–H and O–H groups in total. The van der Waals surface area contributed by atoms with Gasteiger partial charge in [0.15, 0.2) is 0 Å². The van der Waals surface area contributed by atoms with E-state index in [1.165, 1.54) is 5.56 Å². The van der Waals surface area contributed by atoms with Gasteiger partial charge < -0.3 is 4.57 Å². The third kappa shape index (κ3) is 2.58. The summed E-state index contributed by atoms with van der Waals surface area (Å²) in [5, 5.41) is 0.779. The van der Waals surface area contributed by atoms with Crippen LogP contribution < -0.4 is 0 Å². The van der Waals surface area contributed by atoms with Crippen molar-refractivity contribution in [3.05, 3.63) is 71.3 Å². The van der Waals surface area contributed by atoms with Crippen molar-refractivity contribution < 1.29 is 0 Å². The van der Waals surface area contributed by atoms with Crippen LogP contribution in [0.2, 0.25) is 5.02 Å². The molecule has 3 nitrogen and oxygen atoms in total. The molecule has 0 aliphatic heterocycles. The van der Waals surface area contributed by atoms with Crippen LogP contribution in [0.25, 0.3) is 11.4 Å². The molecule has 20 heavy (non-hydrogen) atoms. The lowest BCUT2D eigenvalue weighted by Crippen LogP contribution is -2.02. The van der Waals surface area contributed by atoms with Crippen molar-refractivity contribution in [3.63, 3.8) is 0 Å². The van der Waals surface area contributed by atoms with E-state index in [4.69, 9.17) is 11.6 Å². The van der Waals surface area contributed by atoms with Crippen LogP contribution in [0.3, 0.4) is 0 Å². The average Bonchev–Trinajstić information content (AvgIpc) is 2.92. The number of imidazole rings is 1. The van der Waals surface area contributed by atoms with Crippen LogP contribution >= 0.6 is 11.6 Å². The fourth-order valence-corrected chi connectivity index (χ4v) is 2.38. The van der Waals surface area contributed by atoms with E-state index in [0.29, 0.717) is 6.54 Å². The third-order valence-electron chi connectivity index (χ3n) is 3.18. The van der Waals surface area contributed by atoms with Gasteiger partial charge in [-0.15, -0.1) is 0 Å². The Balaban J connectivity index is 1.97. The van der Waals surface area contributed by atoms with Gasteiger partial charge in [0.25, 0.3) is 0 Å². The number of pyridine rings is 1. The van der Waals surface area contributed by atoms with E-state index in [9.17, 15) is 0 Å². The quantitative estimate of drug-likeness (QED) is 0.728. The Morgan fingerprint density at radius 2 is 2.10 bits per heavy atom. The van der Waals surface area contributed by atoms with E-state index in [2.05, 4.69) is 27.5 Å². The second-order valence-corrected chi connectivity index (χ2v) is 5.12. The number of hydrogen-bond acceptors (Lipinski definition) is 2. The first kappa shape index (κ1) is 12.9. The Morgan fingerprint density at radius 3 is 2.90 bits per heavy atom. The molecule has 0 bridgehead atoms. The van der Waals surface area contributed by atoms with Gasteiger partial charge in [0.05, 0.1) is 6.54 Å². The van der Waals surface area contributed by atoms with E-state index in [1.54, 1.807) is 12.4 Å². The number of aromatic nitrogens is 3. The van der Waals surface area contributed by atoms with Crippen LogP contribution in [0.1, 0.15) is 11.1 Å². The molecular formula is C16H14ClN3. The Kier molecular flexibility index (Phi) is 3.52. The average molecular weight is 284 g/mol. The zero-order chi connectivity index (χ0) is 13.9. The number of benzene rings is 1. The minimum absolute atomic E-state index is 0.699. The molecule has 0 saturated carbocycles. The molecule has 0 aliphatic carbocycles. The molecule has 0 aliphatic rings. The van der Waals surface area contributed by atoms with Crippen LogP contribution in [0.5, 0.6) is 0 Å². The highest BCUT2D eigenvalue weighted by atomic mass is 35.5. The van der Waals surface area contributed by atoms with E-state index in [1.807, 2.05) is 36.7 Å². The Bertz CT molecular complexity index is 720. The topological polar surface area (TPSA) is 30.7 Å². The molecule has 2 heterocycles. The summed E-state index contributed by atoms with van der Waals surface area (Å²) in [5.74, 6) is 0.899. The summed E-state index contributed by atoms with van der Waals surface area (Å²) < 4.78 is 2.08. The van der Waals surface area contributed by atoms with Gasteiger partial charge >= 0.3 is 0 Å². The second kappa shape index (κ2) is 5.47. The van der Waals surface area contributed by atoms with Gasteiger partial charge in [-0.05, 0) is 30.7 Å². The predicted molar refractivity (Wildman–Crippen MR) is 80.7 cm³/mol. The summed E-state index contributed by atoms with van der Waals surface area (Å²) >= 11 is 6.27. The zero-order valence-electron chi connectivity index (χ0n) is 11.1. The first-order chi connectivity index (χ1) is 9.74. The first-order valence-corrected chi connectivity index (χ1v) is 6.78. The van der Waals surface area contributed by atoms with Crippen molar-refractivity contribution in [2.75, 3.05) is 0 Å². The van der Waals surface area contributed by atoms with Crippen molar-refractivity contribution in [1.82, 2.24) is 14.5 Å². The highest BCUT2D eigenvalue weighted by Crippen LogP contribution is 2.22. The van der Waals surface area contributed by atoms with Gasteiger partial charge in [-0.1, -0.05) is 29.3 Å². The molecular weight excluding hydrogens is 270 g/mol. The molecule has 0 unspecified atom stereocenters. The van der Waals surface area contributed by atoms with Crippen LogP contribution in [-0.4, -0.2) is 14.5 Å². The lowest BCUT2D eigenvalue weighted by atomic mass is 10.1. The Labute approximate surface area is 122 Å². The standard InChI is InChI=1S/C16H14ClN3/c1-12-4-5-15(17)14(9-12)11-20-8-7-19-16(20)13-3-2-6-18-10-13/h2-10H,11H2,1H3. The monoisotopic (exact) mass is 283 g/mol. The molecule has 0 spiro atoms. The van der Waals surface area contributed by atoms with Crippen molar-refractivity contribution in [2.24, 2.45) is 0 Å². The Hall–Kier alpha value is -2.13. The summed E-state index contributed by atoms with van der Waals surface area (Å²) in [5.41, 5.74) is 3.29. The van der Waals surface area contributed by atoms with E-state index >= 15 is 0 Å². The van der Waals surface area contributed by atoms with Crippen LogP contribution in [0, 0.1) is 6.92 Å². The molecule has 0 amide bonds. The highest BCUT2D eigenvalue weighted by Gasteiger charge is 2.08. The zero-order valence-corrected chi connectivity index (χ0v) is 11.9. The molecule has 2 aromatic heterocycles. The van der Waals surface area contributed by atoms with Gasteiger partial charge in [-0.2, -0.15) is 0 Å². The molecule has 0 atom stereocenters. The van der Waals surface area contributed by atoms with Crippen molar-refractivity contribution in [2.45, 2.75) is 13.5 Å². The van der Waals surface area contributed by atoms with E-state index < -0.39 is 0 Å². The van der Waals surface area contributed by atoms with Crippen LogP contribution in [0.15, 0.2) is 55.1 Å². The second-order valence-electron chi connectivity index (χ2n) is 4.72. The maximum Gasteiger partial charge on any atom is 0.141 e. The number of rotatable bonds is 3. The smallest absolute Gasteiger partial charge is 0.141 e. The molecule has 3 rings (SSSR count). The minimum Gasteiger partial charge on any atom is -0.326 e. The largest absolute Gasteiger partial charge is 0.326 e. The number of halogens is 1. The van der Waals surface area contributed by atoms with Gasteiger partial charge in [-0.25, -0.2) is 4.98 Å². The van der Waals surface area contributed by atoms with Gasteiger partial charge in [0, 0.05) is 35.4 Å². The first-order valence-electron chi connectivity index (χ1n) is 6.40. The molecule has 3 aromatic rings. The molecule has 1 aromatic carbocycles. The van der Waals surface area contributed by atoms with Crippen molar-refractivity contribution in [3.8, 4) is 11.4 Å². The Morgan fingerprint density at radius 1 is 1.20 bits per heavy atom. The number of nitrogens with zero attached hydrogens (tertiary/aromatic N) is 3.